The Labute approximate surface area is 184 Å². The first kappa shape index (κ1) is 22.3. The molecule has 4 heteroatoms. The third-order valence-corrected chi connectivity index (χ3v) is 5.35. The number of benzene rings is 3. The average Bonchev–Trinajstić information content (AvgIpc) is 2.76. The quantitative estimate of drug-likeness (QED) is 0.600. The molecular weight excluding hydrogens is 384 g/mol. The van der Waals surface area contributed by atoms with E-state index in [9.17, 15) is 9.59 Å². The number of likely N-dealkylation sites (N-methyl/N-ethyl adjacent to an activating group) is 1. The van der Waals surface area contributed by atoms with Gasteiger partial charge in [-0.05, 0) is 30.5 Å². The summed E-state index contributed by atoms with van der Waals surface area (Å²) in [6.07, 6.45) is 0.726. The summed E-state index contributed by atoms with van der Waals surface area (Å²) >= 11 is 0. The summed E-state index contributed by atoms with van der Waals surface area (Å²) in [5.74, 6) is -0.216. The minimum Gasteiger partial charge on any atom is -0.357 e. The van der Waals surface area contributed by atoms with Gasteiger partial charge in [-0.25, -0.2) is 0 Å². The Morgan fingerprint density at radius 3 is 1.90 bits per heavy atom. The van der Waals surface area contributed by atoms with Crippen molar-refractivity contribution >= 4 is 11.8 Å². The van der Waals surface area contributed by atoms with Gasteiger partial charge < -0.3 is 10.2 Å². The third-order valence-electron chi connectivity index (χ3n) is 5.35. The smallest absolute Gasteiger partial charge is 0.242 e. The topological polar surface area (TPSA) is 49.4 Å². The number of carbonyl (C=O) groups is 2. The van der Waals surface area contributed by atoms with E-state index in [-0.39, 0.29) is 18.2 Å². The van der Waals surface area contributed by atoms with Crippen LogP contribution in [-0.2, 0) is 29.0 Å². The molecule has 2 amide bonds. The van der Waals surface area contributed by atoms with E-state index < -0.39 is 6.04 Å². The van der Waals surface area contributed by atoms with Crippen molar-refractivity contribution in [1.82, 2.24) is 10.2 Å². The molecule has 1 N–H and O–H groups in total. The van der Waals surface area contributed by atoms with Gasteiger partial charge in [-0.2, -0.15) is 0 Å². The van der Waals surface area contributed by atoms with Crippen LogP contribution in [0.5, 0.6) is 0 Å². The Kier molecular flexibility index (Phi) is 7.60. The lowest BCUT2D eigenvalue weighted by molar-refractivity contribution is -0.140. The molecule has 0 unspecified atom stereocenters. The molecule has 3 aromatic rings. The number of hydrogen-bond acceptors (Lipinski definition) is 2. The van der Waals surface area contributed by atoms with Gasteiger partial charge in [0.05, 0.1) is 6.42 Å². The van der Waals surface area contributed by atoms with Gasteiger partial charge in [0.25, 0.3) is 0 Å². The summed E-state index contributed by atoms with van der Waals surface area (Å²) in [6, 6.07) is 25.2. The van der Waals surface area contributed by atoms with Gasteiger partial charge in [-0.1, -0.05) is 90.0 Å². The molecule has 31 heavy (non-hydrogen) atoms. The largest absolute Gasteiger partial charge is 0.357 e. The second-order valence-corrected chi connectivity index (χ2v) is 8.00. The highest BCUT2D eigenvalue weighted by molar-refractivity contribution is 5.88. The molecule has 0 bridgehead atoms. The van der Waals surface area contributed by atoms with Crippen LogP contribution in [0.15, 0.2) is 78.9 Å². The van der Waals surface area contributed by atoms with Crippen LogP contribution in [0.1, 0.15) is 27.8 Å². The highest BCUT2D eigenvalue weighted by Crippen LogP contribution is 2.17. The molecule has 0 saturated carbocycles. The van der Waals surface area contributed by atoms with E-state index in [1.54, 1.807) is 11.9 Å². The second-order valence-electron chi connectivity index (χ2n) is 8.00. The molecule has 0 radical (unpaired) electrons. The van der Waals surface area contributed by atoms with Crippen molar-refractivity contribution in [3.63, 3.8) is 0 Å². The van der Waals surface area contributed by atoms with Crippen molar-refractivity contribution in [2.45, 2.75) is 39.3 Å². The summed E-state index contributed by atoms with van der Waals surface area (Å²) in [5, 5.41) is 2.76. The molecule has 0 aliphatic carbocycles. The van der Waals surface area contributed by atoms with E-state index in [1.807, 2.05) is 86.6 Å². The minimum absolute atomic E-state index is 0.0571. The van der Waals surface area contributed by atoms with Crippen LogP contribution < -0.4 is 5.32 Å². The number of aryl methyl sites for hydroxylation is 2. The van der Waals surface area contributed by atoms with E-state index in [2.05, 4.69) is 11.4 Å². The fourth-order valence-corrected chi connectivity index (χ4v) is 3.95. The fraction of sp³-hybridized carbons (Fsp3) is 0.259. The van der Waals surface area contributed by atoms with Crippen molar-refractivity contribution < 1.29 is 9.59 Å². The molecule has 0 aliphatic heterocycles. The minimum atomic E-state index is -0.592. The molecule has 0 saturated heterocycles. The van der Waals surface area contributed by atoms with E-state index in [4.69, 9.17) is 0 Å². The number of nitrogens with one attached hydrogen (secondary N) is 1. The summed E-state index contributed by atoms with van der Waals surface area (Å²) in [7, 11) is 1.62. The maximum Gasteiger partial charge on any atom is 0.242 e. The zero-order chi connectivity index (χ0) is 22.2. The lowest BCUT2D eigenvalue weighted by atomic mass is 10.0. The zero-order valence-corrected chi connectivity index (χ0v) is 18.5. The van der Waals surface area contributed by atoms with E-state index in [1.165, 1.54) is 0 Å². The molecule has 4 nitrogen and oxygen atoms in total. The highest BCUT2D eigenvalue weighted by atomic mass is 16.2. The maximum atomic E-state index is 13.5. The first-order valence-electron chi connectivity index (χ1n) is 10.6. The Balaban J connectivity index is 1.93. The summed E-state index contributed by atoms with van der Waals surface area (Å²) < 4.78 is 0. The van der Waals surface area contributed by atoms with Gasteiger partial charge >= 0.3 is 0 Å². The monoisotopic (exact) mass is 414 g/mol. The molecule has 1 atom stereocenters. The standard InChI is InChI=1S/C27H30N2O2/c1-20-14-21(2)16-24(15-20)18-26(30)29(19-23-12-8-5-9-13-23)25(27(31)28-3)17-22-10-6-4-7-11-22/h4-16,25H,17-19H2,1-3H3,(H,28,31)/t25-/m1/s1. The Morgan fingerprint density at radius 1 is 0.806 bits per heavy atom. The molecule has 0 aliphatic rings. The van der Waals surface area contributed by atoms with Crippen molar-refractivity contribution in [3.05, 3.63) is 107 Å². The fourth-order valence-electron chi connectivity index (χ4n) is 3.95. The number of carbonyl (C=O) groups excluding carboxylic acids is 2. The number of amides is 2. The number of hydrogen-bond donors (Lipinski definition) is 1. The lowest BCUT2D eigenvalue weighted by Crippen LogP contribution is -2.50. The van der Waals surface area contributed by atoms with E-state index in [0.29, 0.717) is 13.0 Å². The average molecular weight is 415 g/mol. The predicted octanol–water partition coefficient (Wildman–Crippen LogP) is 4.23. The van der Waals surface area contributed by atoms with Crippen LogP contribution in [-0.4, -0.2) is 29.8 Å². The number of rotatable bonds is 8. The second kappa shape index (κ2) is 10.6. The van der Waals surface area contributed by atoms with Gasteiger partial charge in [-0.15, -0.1) is 0 Å². The molecule has 0 aromatic heterocycles. The Morgan fingerprint density at radius 2 is 1.35 bits per heavy atom. The summed E-state index contributed by atoms with van der Waals surface area (Å²) in [6.45, 7) is 4.45. The zero-order valence-electron chi connectivity index (χ0n) is 18.5. The SMILES string of the molecule is CNC(=O)[C@@H](Cc1ccccc1)N(Cc1ccccc1)C(=O)Cc1cc(C)cc(C)c1. The number of nitrogens with zero attached hydrogens (tertiary/aromatic N) is 1. The van der Waals surface area contributed by atoms with Gasteiger partial charge in [0.1, 0.15) is 6.04 Å². The molecule has 3 aromatic carbocycles. The first-order valence-corrected chi connectivity index (χ1v) is 10.6. The van der Waals surface area contributed by atoms with Crippen LogP contribution in [0.4, 0.5) is 0 Å². The van der Waals surface area contributed by atoms with E-state index in [0.717, 1.165) is 27.8 Å². The van der Waals surface area contributed by atoms with Crippen LogP contribution >= 0.6 is 0 Å². The van der Waals surface area contributed by atoms with Crippen LogP contribution in [0.25, 0.3) is 0 Å². The van der Waals surface area contributed by atoms with Gasteiger partial charge in [0, 0.05) is 20.0 Å². The molecule has 160 valence electrons. The van der Waals surface area contributed by atoms with Crippen LogP contribution in [0.3, 0.4) is 0 Å². The normalized spacial score (nSPS) is 11.6. The molecule has 0 heterocycles. The Hall–Kier alpha value is -3.40. The van der Waals surface area contributed by atoms with Gasteiger partial charge in [-0.3, -0.25) is 9.59 Å². The lowest BCUT2D eigenvalue weighted by Gasteiger charge is -2.31. The van der Waals surface area contributed by atoms with Gasteiger partial charge in [0.2, 0.25) is 11.8 Å². The van der Waals surface area contributed by atoms with Crippen molar-refractivity contribution in [1.29, 1.82) is 0 Å². The molecule has 0 fully saturated rings. The van der Waals surface area contributed by atoms with Crippen LogP contribution in [0, 0.1) is 13.8 Å². The summed E-state index contributed by atoms with van der Waals surface area (Å²) in [5.41, 5.74) is 5.25. The van der Waals surface area contributed by atoms with Crippen LogP contribution in [0.2, 0.25) is 0 Å². The third kappa shape index (κ3) is 6.29. The van der Waals surface area contributed by atoms with Gasteiger partial charge in [0.15, 0.2) is 0 Å². The molecule has 0 spiro atoms. The van der Waals surface area contributed by atoms with Crippen molar-refractivity contribution in [2.24, 2.45) is 0 Å². The Bertz CT molecular complexity index is 996. The molecule has 3 rings (SSSR count). The summed E-state index contributed by atoms with van der Waals surface area (Å²) in [4.78, 5) is 28.2. The molecular formula is C27H30N2O2. The van der Waals surface area contributed by atoms with Crippen molar-refractivity contribution in [3.8, 4) is 0 Å². The van der Waals surface area contributed by atoms with Crippen molar-refractivity contribution in [2.75, 3.05) is 7.05 Å². The van der Waals surface area contributed by atoms with E-state index >= 15 is 0 Å². The first-order chi connectivity index (χ1) is 15.0. The highest BCUT2D eigenvalue weighted by Gasteiger charge is 2.29. The predicted molar refractivity (Wildman–Crippen MR) is 125 cm³/mol. The maximum absolute atomic E-state index is 13.5.